The largest absolute Gasteiger partial charge is 0.454 e. The van der Waals surface area contributed by atoms with E-state index in [1.54, 1.807) is 12.1 Å². The number of ketones is 1. The average Bonchev–Trinajstić information content (AvgIpc) is 3.06. The van der Waals surface area contributed by atoms with Crippen LogP contribution in [0.1, 0.15) is 47.0 Å². The lowest BCUT2D eigenvalue weighted by molar-refractivity contribution is -0.137. The molecule has 0 saturated carbocycles. The summed E-state index contributed by atoms with van der Waals surface area (Å²) in [5, 5.41) is -0.0613. The van der Waals surface area contributed by atoms with Crippen LogP contribution in [0.2, 0.25) is 10.0 Å². The summed E-state index contributed by atoms with van der Waals surface area (Å²) in [6, 6.07) is 11.9. The topological polar surface area (TPSA) is 80.8 Å². The molecule has 4 rings (SSSR count). The first kappa shape index (κ1) is 24.4. The van der Waals surface area contributed by atoms with Crippen LogP contribution in [0.5, 0.6) is 0 Å². The van der Waals surface area contributed by atoms with Gasteiger partial charge in [-0.1, -0.05) is 35.3 Å². The van der Waals surface area contributed by atoms with Gasteiger partial charge in [0.15, 0.2) is 6.61 Å². The van der Waals surface area contributed by atoms with Crippen LogP contribution in [0.3, 0.4) is 0 Å². The molecule has 0 aromatic heterocycles. The standard InChI is InChI=1S/C24H12Cl2F3NO5/c25-17-4-2-1-3-15(17)20(31)11-35-23(34)12-5-7-14-16(9-12)22(33)30(21(14)32)19-10-13(24(27,28)29)6-8-18(19)26/h1-10H,11H2. The number of Topliss-reactive ketones (excluding diaryl/α,β-unsaturated/α-hetero) is 1. The molecule has 0 unspecified atom stereocenters. The van der Waals surface area contributed by atoms with Gasteiger partial charge in [0, 0.05) is 5.56 Å². The number of anilines is 1. The second-order valence-electron chi connectivity index (χ2n) is 7.35. The van der Waals surface area contributed by atoms with Gasteiger partial charge in [-0.3, -0.25) is 14.4 Å². The molecule has 3 aromatic rings. The van der Waals surface area contributed by atoms with Crippen molar-refractivity contribution in [2.75, 3.05) is 11.5 Å². The van der Waals surface area contributed by atoms with Gasteiger partial charge in [-0.2, -0.15) is 13.2 Å². The summed E-state index contributed by atoms with van der Waals surface area (Å²) in [5.74, 6) is -3.38. The van der Waals surface area contributed by atoms with Crippen LogP contribution < -0.4 is 4.90 Å². The molecule has 0 bridgehead atoms. The van der Waals surface area contributed by atoms with Gasteiger partial charge in [-0.25, -0.2) is 9.69 Å². The lowest BCUT2D eigenvalue weighted by Crippen LogP contribution is -2.30. The first-order valence-electron chi connectivity index (χ1n) is 9.83. The molecule has 1 aliphatic rings. The van der Waals surface area contributed by atoms with Gasteiger partial charge in [0.2, 0.25) is 5.78 Å². The van der Waals surface area contributed by atoms with Crippen molar-refractivity contribution in [1.29, 1.82) is 0 Å². The normalized spacial score (nSPS) is 13.1. The Morgan fingerprint density at radius 2 is 1.54 bits per heavy atom. The second-order valence-corrected chi connectivity index (χ2v) is 8.16. The Morgan fingerprint density at radius 1 is 0.857 bits per heavy atom. The van der Waals surface area contributed by atoms with Crippen LogP contribution in [0.15, 0.2) is 60.7 Å². The second kappa shape index (κ2) is 9.16. The summed E-state index contributed by atoms with van der Waals surface area (Å²) in [4.78, 5) is 50.9. The molecule has 1 heterocycles. The number of fused-ring (bicyclic) bond motifs is 1. The van der Waals surface area contributed by atoms with Crippen molar-refractivity contribution >= 4 is 52.5 Å². The lowest BCUT2D eigenvalue weighted by atomic mass is 10.1. The molecule has 35 heavy (non-hydrogen) atoms. The third-order valence-electron chi connectivity index (χ3n) is 5.15. The summed E-state index contributed by atoms with van der Waals surface area (Å²) >= 11 is 11.9. The Hall–Kier alpha value is -3.69. The van der Waals surface area contributed by atoms with E-state index in [2.05, 4.69) is 0 Å². The third-order valence-corrected chi connectivity index (χ3v) is 5.79. The molecule has 0 radical (unpaired) electrons. The fourth-order valence-corrected chi connectivity index (χ4v) is 3.87. The van der Waals surface area contributed by atoms with Crippen LogP contribution in [0.25, 0.3) is 0 Å². The fraction of sp³-hybridized carbons (Fsp3) is 0.0833. The van der Waals surface area contributed by atoms with E-state index in [0.717, 1.165) is 18.2 Å². The molecule has 6 nitrogen and oxygen atoms in total. The Bertz CT molecular complexity index is 1400. The number of halogens is 5. The maximum Gasteiger partial charge on any atom is 0.416 e. The number of amides is 2. The zero-order valence-corrected chi connectivity index (χ0v) is 18.9. The number of imide groups is 1. The number of rotatable bonds is 5. The van der Waals surface area contributed by atoms with Crippen molar-refractivity contribution in [1.82, 2.24) is 0 Å². The van der Waals surface area contributed by atoms with Gasteiger partial charge in [0.25, 0.3) is 11.8 Å². The molecule has 0 spiro atoms. The molecule has 178 valence electrons. The van der Waals surface area contributed by atoms with Gasteiger partial charge < -0.3 is 4.74 Å². The van der Waals surface area contributed by atoms with E-state index in [1.807, 2.05) is 0 Å². The van der Waals surface area contributed by atoms with Crippen molar-refractivity contribution in [2.45, 2.75) is 6.18 Å². The molecule has 2 amide bonds. The lowest BCUT2D eigenvalue weighted by Gasteiger charge is -2.17. The summed E-state index contributed by atoms with van der Waals surface area (Å²) < 4.78 is 44.4. The van der Waals surface area contributed by atoms with E-state index in [-0.39, 0.29) is 32.3 Å². The maximum atomic E-state index is 13.1. The Balaban J connectivity index is 1.57. The zero-order valence-electron chi connectivity index (χ0n) is 17.4. The number of esters is 1. The predicted octanol–water partition coefficient (Wildman–Crippen LogP) is 5.85. The first-order chi connectivity index (χ1) is 16.5. The smallest absolute Gasteiger partial charge is 0.416 e. The third kappa shape index (κ3) is 4.65. The van der Waals surface area contributed by atoms with Crippen LogP contribution >= 0.6 is 23.2 Å². The van der Waals surface area contributed by atoms with E-state index >= 15 is 0 Å². The molecular formula is C24H12Cl2F3NO5. The van der Waals surface area contributed by atoms with Crippen molar-refractivity contribution in [3.8, 4) is 0 Å². The van der Waals surface area contributed by atoms with Crippen molar-refractivity contribution in [3.63, 3.8) is 0 Å². The molecule has 0 fully saturated rings. The number of hydrogen-bond acceptors (Lipinski definition) is 5. The van der Waals surface area contributed by atoms with Crippen molar-refractivity contribution in [2.24, 2.45) is 0 Å². The molecule has 0 atom stereocenters. The van der Waals surface area contributed by atoms with E-state index in [0.29, 0.717) is 11.0 Å². The van der Waals surface area contributed by atoms with Crippen LogP contribution in [0, 0.1) is 0 Å². The number of carbonyl (C=O) groups excluding carboxylic acids is 4. The molecule has 1 aliphatic heterocycles. The minimum Gasteiger partial charge on any atom is -0.454 e. The van der Waals surface area contributed by atoms with Gasteiger partial charge in [0.05, 0.1) is 38.0 Å². The predicted molar refractivity (Wildman–Crippen MR) is 120 cm³/mol. The minimum atomic E-state index is -4.73. The van der Waals surface area contributed by atoms with E-state index in [4.69, 9.17) is 27.9 Å². The highest BCUT2D eigenvalue weighted by molar-refractivity contribution is 6.40. The Labute approximate surface area is 205 Å². The van der Waals surface area contributed by atoms with E-state index < -0.39 is 47.6 Å². The average molecular weight is 522 g/mol. The molecule has 0 N–H and O–H groups in total. The number of nitrogens with zero attached hydrogens (tertiary/aromatic N) is 1. The maximum absolute atomic E-state index is 13.1. The summed E-state index contributed by atoms with van der Waals surface area (Å²) in [6.07, 6.45) is -4.73. The van der Waals surface area contributed by atoms with E-state index in [9.17, 15) is 32.3 Å². The number of carbonyl (C=O) groups is 4. The number of alkyl halides is 3. The highest BCUT2D eigenvalue weighted by Crippen LogP contribution is 2.38. The van der Waals surface area contributed by atoms with Gasteiger partial charge in [0.1, 0.15) is 0 Å². The van der Waals surface area contributed by atoms with E-state index in [1.165, 1.54) is 24.3 Å². The van der Waals surface area contributed by atoms with Gasteiger partial charge in [-0.05, 0) is 48.5 Å². The fourth-order valence-electron chi connectivity index (χ4n) is 3.43. The molecule has 3 aromatic carbocycles. The quantitative estimate of drug-likeness (QED) is 0.239. The highest BCUT2D eigenvalue weighted by atomic mass is 35.5. The monoisotopic (exact) mass is 521 g/mol. The first-order valence-corrected chi connectivity index (χ1v) is 10.6. The number of ether oxygens (including phenoxy) is 1. The Kier molecular flexibility index (Phi) is 6.40. The van der Waals surface area contributed by atoms with Crippen LogP contribution in [-0.4, -0.2) is 30.2 Å². The zero-order chi connectivity index (χ0) is 25.5. The molecule has 0 saturated heterocycles. The van der Waals surface area contributed by atoms with Gasteiger partial charge >= 0.3 is 12.1 Å². The van der Waals surface area contributed by atoms with Crippen LogP contribution in [0.4, 0.5) is 18.9 Å². The summed E-state index contributed by atoms with van der Waals surface area (Å²) in [7, 11) is 0. The molecule has 11 heteroatoms. The summed E-state index contributed by atoms with van der Waals surface area (Å²) in [5.41, 5.74) is -1.88. The Morgan fingerprint density at radius 3 is 2.23 bits per heavy atom. The number of benzene rings is 3. The summed E-state index contributed by atoms with van der Waals surface area (Å²) in [6.45, 7) is -0.626. The minimum absolute atomic E-state index is 0.132. The van der Waals surface area contributed by atoms with Crippen molar-refractivity contribution in [3.05, 3.63) is 98.5 Å². The molecule has 0 aliphatic carbocycles. The molecular weight excluding hydrogens is 510 g/mol. The van der Waals surface area contributed by atoms with Crippen molar-refractivity contribution < 1.29 is 37.1 Å². The van der Waals surface area contributed by atoms with Crippen LogP contribution in [-0.2, 0) is 10.9 Å². The SMILES string of the molecule is O=C(OCC(=O)c1ccccc1Cl)c1ccc2c(c1)C(=O)N(c1cc(C(F)(F)F)ccc1Cl)C2=O. The highest BCUT2D eigenvalue weighted by Gasteiger charge is 2.40. The number of hydrogen-bond donors (Lipinski definition) is 0. The van der Waals surface area contributed by atoms with Gasteiger partial charge in [-0.15, -0.1) is 0 Å².